The van der Waals surface area contributed by atoms with E-state index in [0.29, 0.717) is 6.07 Å². The Hall–Kier alpha value is -1.30. The summed E-state index contributed by atoms with van der Waals surface area (Å²) in [7, 11) is 0. The highest BCUT2D eigenvalue weighted by molar-refractivity contribution is 6.31. The molecule has 1 aromatic rings. The van der Waals surface area contributed by atoms with E-state index in [2.05, 4.69) is 4.98 Å². The molecule has 0 aliphatic rings. The van der Waals surface area contributed by atoms with Crippen LogP contribution in [0.4, 0.5) is 13.2 Å². The van der Waals surface area contributed by atoms with E-state index in [0.717, 1.165) is 0 Å². The van der Waals surface area contributed by atoms with Gasteiger partial charge in [0.1, 0.15) is 5.69 Å². The van der Waals surface area contributed by atoms with Gasteiger partial charge in [-0.1, -0.05) is 11.6 Å². The molecular formula is C7H3ClF3NO2. The highest BCUT2D eigenvalue weighted by atomic mass is 35.5. The third kappa shape index (κ3) is 1.95. The second-order valence-corrected chi connectivity index (χ2v) is 2.70. The number of rotatable bonds is 2. The zero-order valence-electron chi connectivity index (χ0n) is 6.47. The van der Waals surface area contributed by atoms with Crippen LogP contribution < -0.4 is 0 Å². The Morgan fingerprint density at radius 2 is 2.14 bits per heavy atom. The Bertz CT molecular complexity index is 383. The van der Waals surface area contributed by atoms with Crippen molar-refractivity contribution >= 4 is 17.6 Å². The second-order valence-electron chi connectivity index (χ2n) is 2.29. The Morgan fingerprint density at radius 1 is 1.57 bits per heavy atom. The summed E-state index contributed by atoms with van der Waals surface area (Å²) in [5.74, 6) is -2.96. The van der Waals surface area contributed by atoms with Crippen LogP contribution in [0.1, 0.15) is 22.6 Å². The number of carboxylic acids is 1. The van der Waals surface area contributed by atoms with Crippen LogP contribution >= 0.6 is 11.6 Å². The molecule has 0 fully saturated rings. The number of pyridine rings is 1. The summed E-state index contributed by atoms with van der Waals surface area (Å²) in [5, 5.41) is 7.78. The summed E-state index contributed by atoms with van der Waals surface area (Å²) in [6.07, 6.45) is -3.04. The van der Waals surface area contributed by atoms with Gasteiger partial charge in [-0.05, 0) is 6.07 Å². The van der Waals surface area contributed by atoms with Gasteiger partial charge in [-0.3, -0.25) is 0 Å². The first-order chi connectivity index (χ1) is 6.43. The summed E-state index contributed by atoms with van der Waals surface area (Å²) in [6, 6.07) is 0.500. The molecule has 0 aromatic carbocycles. The summed E-state index contributed by atoms with van der Waals surface area (Å²) < 4.78 is 37.1. The van der Waals surface area contributed by atoms with Crippen LogP contribution in [0.25, 0.3) is 0 Å². The lowest BCUT2D eigenvalue weighted by molar-refractivity contribution is 0.0683. The minimum atomic E-state index is -3.04. The zero-order valence-corrected chi connectivity index (χ0v) is 7.23. The summed E-state index contributed by atoms with van der Waals surface area (Å²) in [5.41, 5.74) is -2.00. The number of carboxylic acid groups (broad SMARTS) is 1. The second kappa shape index (κ2) is 3.83. The average Bonchev–Trinajstić information content (AvgIpc) is 2.02. The SMILES string of the molecule is O=C(O)c1nc(C(F)F)c(Cl)cc1F. The molecule has 1 aromatic heterocycles. The van der Waals surface area contributed by atoms with E-state index in [-0.39, 0.29) is 0 Å². The highest BCUT2D eigenvalue weighted by Crippen LogP contribution is 2.26. The van der Waals surface area contributed by atoms with Gasteiger partial charge in [0.15, 0.2) is 11.5 Å². The van der Waals surface area contributed by atoms with E-state index < -0.39 is 34.6 Å². The molecule has 0 unspecified atom stereocenters. The fraction of sp³-hybridized carbons (Fsp3) is 0.143. The molecule has 14 heavy (non-hydrogen) atoms. The zero-order chi connectivity index (χ0) is 10.9. The lowest BCUT2D eigenvalue weighted by Gasteiger charge is -2.03. The molecule has 7 heteroatoms. The molecular weight excluding hydrogens is 223 g/mol. The quantitative estimate of drug-likeness (QED) is 0.841. The standard InChI is InChI=1S/C7H3ClF3NO2/c8-2-1-3(9)5(7(13)14)12-4(2)6(10)11/h1,6H,(H,13,14). The molecule has 0 bridgehead atoms. The van der Waals surface area contributed by atoms with E-state index in [9.17, 15) is 18.0 Å². The third-order valence-corrected chi connectivity index (χ3v) is 1.67. The largest absolute Gasteiger partial charge is 0.476 e. The van der Waals surface area contributed by atoms with Crippen LogP contribution in [0, 0.1) is 5.82 Å². The number of halogens is 4. The Labute approximate surface area is 81.1 Å². The Morgan fingerprint density at radius 3 is 2.57 bits per heavy atom. The number of aromatic nitrogens is 1. The fourth-order valence-electron chi connectivity index (χ4n) is 0.784. The van der Waals surface area contributed by atoms with E-state index in [1.807, 2.05) is 0 Å². The molecule has 0 spiro atoms. The van der Waals surface area contributed by atoms with E-state index in [1.165, 1.54) is 0 Å². The Balaban J connectivity index is 3.34. The molecule has 0 aliphatic carbocycles. The van der Waals surface area contributed by atoms with Crippen molar-refractivity contribution in [2.45, 2.75) is 6.43 Å². The maximum absolute atomic E-state index is 12.8. The first-order valence-corrected chi connectivity index (χ1v) is 3.68. The molecule has 76 valence electrons. The van der Waals surface area contributed by atoms with Gasteiger partial charge >= 0.3 is 5.97 Å². The van der Waals surface area contributed by atoms with Crippen molar-refractivity contribution in [2.24, 2.45) is 0 Å². The monoisotopic (exact) mass is 225 g/mol. The first-order valence-electron chi connectivity index (χ1n) is 3.31. The summed E-state index contributed by atoms with van der Waals surface area (Å²) in [4.78, 5) is 13.2. The van der Waals surface area contributed by atoms with Crippen LogP contribution in [0.3, 0.4) is 0 Å². The fourth-order valence-corrected chi connectivity index (χ4v) is 1.00. The molecule has 1 N–H and O–H groups in total. The topological polar surface area (TPSA) is 50.2 Å². The number of carbonyl (C=O) groups is 1. The molecule has 1 heterocycles. The van der Waals surface area contributed by atoms with Gasteiger partial charge in [0.2, 0.25) is 0 Å². The van der Waals surface area contributed by atoms with Gasteiger partial charge < -0.3 is 5.11 Å². The van der Waals surface area contributed by atoms with Crippen molar-refractivity contribution in [3.8, 4) is 0 Å². The van der Waals surface area contributed by atoms with Crippen molar-refractivity contribution in [1.29, 1.82) is 0 Å². The van der Waals surface area contributed by atoms with Crippen molar-refractivity contribution < 1.29 is 23.1 Å². The first kappa shape index (κ1) is 10.8. The lowest BCUT2D eigenvalue weighted by atomic mass is 10.3. The maximum Gasteiger partial charge on any atom is 0.357 e. The van der Waals surface area contributed by atoms with Crippen LogP contribution in [-0.4, -0.2) is 16.1 Å². The summed E-state index contributed by atoms with van der Waals surface area (Å²) in [6.45, 7) is 0. The minimum Gasteiger partial charge on any atom is -0.476 e. The molecule has 3 nitrogen and oxygen atoms in total. The van der Waals surface area contributed by atoms with Gasteiger partial charge in [0.25, 0.3) is 6.43 Å². The van der Waals surface area contributed by atoms with Gasteiger partial charge in [0, 0.05) is 0 Å². The number of aromatic carboxylic acids is 1. The van der Waals surface area contributed by atoms with Crippen molar-refractivity contribution in [1.82, 2.24) is 4.98 Å². The van der Waals surface area contributed by atoms with E-state index >= 15 is 0 Å². The van der Waals surface area contributed by atoms with Crippen LogP contribution in [0.2, 0.25) is 5.02 Å². The van der Waals surface area contributed by atoms with Crippen LogP contribution in [0.5, 0.6) is 0 Å². The van der Waals surface area contributed by atoms with E-state index in [1.54, 1.807) is 0 Å². The number of hydrogen-bond donors (Lipinski definition) is 1. The predicted octanol–water partition coefficient (Wildman–Crippen LogP) is 2.51. The van der Waals surface area contributed by atoms with Gasteiger partial charge in [-0.15, -0.1) is 0 Å². The molecule has 0 saturated carbocycles. The van der Waals surface area contributed by atoms with Crippen LogP contribution in [0.15, 0.2) is 6.07 Å². The molecule has 0 aliphatic heterocycles. The van der Waals surface area contributed by atoms with Crippen molar-refractivity contribution in [3.05, 3.63) is 28.3 Å². The van der Waals surface area contributed by atoms with Gasteiger partial charge in [0.05, 0.1) is 5.02 Å². The molecule has 0 saturated heterocycles. The molecule has 0 amide bonds. The number of nitrogens with zero attached hydrogens (tertiary/aromatic N) is 1. The summed E-state index contributed by atoms with van der Waals surface area (Å²) >= 11 is 5.23. The van der Waals surface area contributed by atoms with Gasteiger partial charge in [-0.25, -0.2) is 22.9 Å². The molecule has 1 rings (SSSR count). The number of alkyl halides is 2. The predicted molar refractivity (Wildman–Crippen MR) is 41.1 cm³/mol. The number of hydrogen-bond acceptors (Lipinski definition) is 2. The van der Waals surface area contributed by atoms with Crippen LogP contribution in [-0.2, 0) is 0 Å². The lowest BCUT2D eigenvalue weighted by Crippen LogP contribution is -2.07. The van der Waals surface area contributed by atoms with E-state index in [4.69, 9.17) is 16.7 Å². The Kier molecular flexibility index (Phi) is 2.95. The third-order valence-electron chi connectivity index (χ3n) is 1.37. The smallest absolute Gasteiger partial charge is 0.357 e. The average molecular weight is 226 g/mol. The minimum absolute atomic E-state index is 0.500. The maximum atomic E-state index is 12.8. The normalized spacial score (nSPS) is 10.6. The van der Waals surface area contributed by atoms with Gasteiger partial charge in [-0.2, -0.15) is 0 Å². The van der Waals surface area contributed by atoms with Crippen molar-refractivity contribution in [2.75, 3.05) is 0 Å². The van der Waals surface area contributed by atoms with Crippen molar-refractivity contribution in [3.63, 3.8) is 0 Å². The molecule has 0 radical (unpaired) electrons. The highest BCUT2D eigenvalue weighted by Gasteiger charge is 2.21. The molecule has 0 atom stereocenters.